The monoisotopic (exact) mass is 274 g/mol. The van der Waals surface area contributed by atoms with Crippen LogP contribution < -0.4 is 5.73 Å². The van der Waals surface area contributed by atoms with Gasteiger partial charge in [0.05, 0.1) is 0 Å². The van der Waals surface area contributed by atoms with Crippen LogP contribution in [0.3, 0.4) is 0 Å². The molecule has 0 unspecified atom stereocenters. The highest BCUT2D eigenvalue weighted by Crippen LogP contribution is 2.21. The molecule has 2 N–H and O–H groups in total. The number of likely N-dealkylation sites (tertiary alicyclic amines) is 1. The third-order valence-corrected chi connectivity index (χ3v) is 4.32. The molecule has 1 saturated heterocycles. The molecule has 1 aromatic carbocycles. The Morgan fingerprint density at radius 2 is 2.15 bits per heavy atom. The Hall–Kier alpha value is -1.35. The van der Waals surface area contributed by atoms with Gasteiger partial charge >= 0.3 is 0 Å². The van der Waals surface area contributed by atoms with Gasteiger partial charge in [0.2, 0.25) is 5.91 Å². The van der Waals surface area contributed by atoms with Gasteiger partial charge in [-0.25, -0.2) is 0 Å². The Morgan fingerprint density at radius 3 is 2.90 bits per heavy atom. The van der Waals surface area contributed by atoms with Crippen LogP contribution in [0.1, 0.15) is 43.2 Å². The van der Waals surface area contributed by atoms with Crippen molar-refractivity contribution in [1.82, 2.24) is 4.90 Å². The molecule has 0 saturated carbocycles. The molecule has 1 aliphatic heterocycles. The van der Waals surface area contributed by atoms with E-state index in [4.69, 9.17) is 5.73 Å². The summed E-state index contributed by atoms with van der Waals surface area (Å²) < 4.78 is 0. The van der Waals surface area contributed by atoms with E-state index in [0.717, 1.165) is 32.2 Å². The molecule has 0 spiro atoms. The molecular weight excluding hydrogens is 248 g/mol. The number of aryl methyl sites for hydroxylation is 2. The van der Waals surface area contributed by atoms with Gasteiger partial charge in [0.25, 0.3) is 0 Å². The molecule has 20 heavy (non-hydrogen) atoms. The average molecular weight is 274 g/mol. The molecule has 2 rings (SSSR count). The number of piperidine rings is 1. The van der Waals surface area contributed by atoms with Gasteiger partial charge in [-0.1, -0.05) is 24.3 Å². The van der Waals surface area contributed by atoms with Gasteiger partial charge in [-0.15, -0.1) is 0 Å². The van der Waals surface area contributed by atoms with Crippen molar-refractivity contribution in [3.8, 4) is 0 Å². The van der Waals surface area contributed by atoms with Crippen LogP contribution in [0, 0.1) is 6.92 Å². The molecule has 1 aliphatic rings. The Kier molecular flexibility index (Phi) is 5.60. The molecule has 1 fully saturated rings. The van der Waals surface area contributed by atoms with Crippen LogP contribution in [-0.4, -0.2) is 29.9 Å². The molecule has 3 heteroatoms. The van der Waals surface area contributed by atoms with Crippen LogP contribution in [0.25, 0.3) is 0 Å². The second-order valence-corrected chi connectivity index (χ2v) is 5.74. The molecule has 1 aromatic rings. The predicted octanol–water partition coefficient (Wildman–Crippen LogP) is 2.66. The number of rotatable bonds is 5. The molecule has 1 atom stereocenters. The van der Waals surface area contributed by atoms with Gasteiger partial charge in [0.1, 0.15) is 0 Å². The third kappa shape index (κ3) is 3.83. The van der Waals surface area contributed by atoms with Crippen LogP contribution in [0.15, 0.2) is 24.3 Å². The molecule has 0 aliphatic carbocycles. The van der Waals surface area contributed by atoms with Crippen molar-refractivity contribution >= 4 is 5.91 Å². The maximum atomic E-state index is 12.5. The lowest BCUT2D eigenvalue weighted by Gasteiger charge is -2.36. The quantitative estimate of drug-likeness (QED) is 0.897. The summed E-state index contributed by atoms with van der Waals surface area (Å²) in [6.45, 7) is 3.70. The summed E-state index contributed by atoms with van der Waals surface area (Å²) in [4.78, 5) is 14.5. The minimum absolute atomic E-state index is 0.298. The fourth-order valence-corrected chi connectivity index (χ4v) is 3.10. The molecule has 1 heterocycles. The second-order valence-electron chi connectivity index (χ2n) is 5.74. The fourth-order valence-electron chi connectivity index (χ4n) is 3.10. The lowest BCUT2D eigenvalue weighted by molar-refractivity contribution is -0.134. The number of carbonyl (C=O) groups is 1. The Labute approximate surface area is 122 Å². The van der Waals surface area contributed by atoms with Crippen molar-refractivity contribution < 1.29 is 4.79 Å². The third-order valence-electron chi connectivity index (χ3n) is 4.32. The summed E-state index contributed by atoms with van der Waals surface area (Å²) >= 11 is 0. The van der Waals surface area contributed by atoms with Gasteiger partial charge in [-0.3, -0.25) is 4.79 Å². The van der Waals surface area contributed by atoms with Crippen LogP contribution in [0.2, 0.25) is 0 Å². The number of amides is 1. The first kappa shape index (κ1) is 15.0. The Balaban J connectivity index is 1.91. The van der Waals surface area contributed by atoms with Crippen molar-refractivity contribution in [2.75, 3.05) is 13.1 Å². The van der Waals surface area contributed by atoms with E-state index in [-0.39, 0.29) is 0 Å². The molecule has 3 nitrogen and oxygen atoms in total. The summed E-state index contributed by atoms with van der Waals surface area (Å²) in [7, 11) is 0. The number of hydrogen-bond donors (Lipinski definition) is 1. The van der Waals surface area contributed by atoms with Gasteiger partial charge in [0.15, 0.2) is 0 Å². The maximum Gasteiger partial charge on any atom is 0.223 e. The largest absolute Gasteiger partial charge is 0.340 e. The van der Waals surface area contributed by atoms with E-state index in [2.05, 4.69) is 24.0 Å². The van der Waals surface area contributed by atoms with Gasteiger partial charge in [0, 0.05) is 19.0 Å². The van der Waals surface area contributed by atoms with Crippen molar-refractivity contribution in [2.45, 2.75) is 51.5 Å². The van der Waals surface area contributed by atoms with Crippen LogP contribution >= 0.6 is 0 Å². The summed E-state index contributed by atoms with van der Waals surface area (Å²) in [6, 6.07) is 8.69. The minimum Gasteiger partial charge on any atom is -0.340 e. The predicted molar refractivity (Wildman–Crippen MR) is 82.5 cm³/mol. The SMILES string of the molecule is Cc1ccccc1CCC(=O)N1CCCC[C@H]1CCN. The summed E-state index contributed by atoms with van der Waals surface area (Å²) in [6.07, 6.45) is 5.89. The van der Waals surface area contributed by atoms with Crippen molar-refractivity contribution in [3.63, 3.8) is 0 Å². The average Bonchev–Trinajstić information content (AvgIpc) is 2.47. The Morgan fingerprint density at radius 1 is 1.35 bits per heavy atom. The van der Waals surface area contributed by atoms with Crippen LogP contribution in [-0.2, 0) is 11.2 Å². The first-order chi connectivity index (χ1) is 9.72. The summed E-state index contributed by atoms with van der Waals surface area (Å²) in [5.41, 5.74) is 8.23. The molecule has 0 radical (unpaired) electrons. The first-order valence-corrected chi connectivity index (χ1v) is 7.76. The lowest BCUT2D eigenvalue weighted by Crippen LogP contribution is -2.44. The van der Waals surface area contributed by atoms with E-state index >= 15 is 0 Å². The van der Waals surface area contributed by atoms with E-state index in [1.165, 1.54) is 17.5 Å². The van der Waals surface area contributed by atoms with Gasteiger partial charge < -0.3 is 10.6 Å². The number of nitrogens with two attached hydrogens (primary N) is 1. The molecular formula is C17H26N2O. The van der Waals surface area contributed by atoms with E-state index < -0.39 is 0 Å². The van der Waals surface area contributed by atoms with Gasteiger partial charge in [-0.2, -0.15) is 0 Å². The van der Waals surface area contributed by atoms with Crippen LogP contribution in [0.4, 0.5) is 0 Å². The van der Waals surface area contributed by atoms with E-state index in [1.54, 1.807) is 0 Å². The number of carbonyl (C=O) groups excluding carboxylic acids is 1. The lowest BCUT2D eigenvalue weighted by atomic mass is 9.97. The zero-order valence-electron chi connectivity index (χ0n) is 12.5. The molecule has 110 valence electrons. The topological polar surface area (TPSA) is 46.3 Å². The zero-order valence-corrected chi connectivity index (χ0v) is 12.5. The first-order valence-electron chi connectivity index (χ1n) is 7.76. The smallest absolute Gasteiger partial charge is 0.223 e. The minimum atomic E-state index is 0.298. The maximum absolute atomic E-state index is 12.5. The van der Waals surface area contributed by atoms with E-state index in [1.807, 2.05) is 12.1 Å². The van der Waals surface area contributed by atoms with Crippen LogP contribution in [0.5, 0.6) is 0 Å². The van der Waals surface area contributed by atoms with Crippen molar-refractivity contribution in [3.05, 3.63) is 35.4 Å². The van der Waals surface area contributed by atoms with Crippen molar-refractivity contribution in [1.29, 1.82) is 0 Å². The highest BCUT2D eigenvalue weighted by molar-refractivity contribution is 5.77. The van der Waals surface area contributed by atoms with Gasteiger partial charge in [-0.05, 0) is 56.7 Å². The van der Waals surface area contributed by atoms with E-state index in [9.17, 15) is 4.79 Å². The molecule has 1 amide bonds. The van der Waals surface area contributed by atoms with Crippen molar-refractivity contribution in [2.24, 2.45) is 5.73 Å². The zero-order chi connectivity index (χ0) is 14.4. The Bertz CT molecular complexity index is 442. The number of nitrogens with zero attached hydrogens (tertiary/aromatic N) is 1. The fraction of sp³-hybridized carbons (Fsp3) is 0.588. The summed E-state index contributed by atoms with van der Waals surface area (Å²) in [5.74, 6) is 0.298. The number of benzene rings is 1. The highest BCUT2D eigenvalue weighted by Gasteiger charge is 2.25. The highest BCUT2D eigenvalue weighted by atomic mass is 16.2. The summed E-state index contributed by atoms with van der Waals surface area (Å²) in [5, 5.41) is 0. The second kappa shape index (κ2) is 7.44. The van der Waals surface area contributed by atoms with E-state index in [0.29, 0.717) is 24.9 Å². The standard InChI is InChI=1S/C17H26N2O/c1-14-6-2-3-7-15(14)9-10-17(20)19-13-5-4-8-16(19)11-12-18/h2-3,6-7,16H,4-5,8-13,18H2,1H3/t16-/m0/s1. The molecule has 0 aromatic heterocycles. The normalized spacial score (nSPS) is 19.1. The molecule has 0 bridgehead atoms. The number of hydrogen-bond acceptors (Lipinski definition) is 2.